The lowest BCUT2D eigenvalue weighted by molar-refractivity contribution is -0.132. The van der Waals surface area contributed by atoms with E-state index >= 15 is 0 Å². The minimum atomic E-state index is 0.119. The fourth-order valence-corrected chi connectivity index (χ4v) is 4.10. The van der Waals surface area contributed by atoms with E-state index < -0.39 is 0 Å². The van der Waals surface area contributed by atoms with E-state index in [-0.39, 0.29) is 11.9 Å². The average Bonchev–Trinajstić information content (AvgIpc) is 3.26. The van der Waals surface area contributed by atoms with Gasteiger partial charge in [0.2, 0.25) is 5.91 Å². The topological polar surface area (TPSA) is 51.0 Å². The highest BCUT2D eigenvalue weighted by Crippen LogP contribution is 2.36. The van der Waals surface area contributed by atoms with Gasteiger partial charge in [-0.2, -0.15) is 0 Å². The van der Waals surface area contributed by atoms with Crippen LogP contribution in [0, 0.1) is 0 Å². The summed E-state index contributed by atoms with van der Waals surface area (Å²) in [5, 5.41) is 1.05. The molecule has 1 amide bonds. The summed E-state index contributed by atoms with van der Waals surface area (Å²) >= 11 is 1.70. The van der Waals surface area contributed by atoms with Crippen LogP contribution in [0.5, 0.6) is 0 Å². The normalized spacial score (nSPS) is 18.2. The van der Waals surface area contributed by atoms with Gasteiger partial charge in [0.05, 0.1) is 22.6 Å². The largest absolute Gasteiger partial charge is 0.332 e. The minimum Gasteiger partial charge on any atom is -0.332 e. The molecular weight excluding hydrogens is 296 g/mol. The predicted molar refractivity (Wildman–Crippen MR) is 85.5 cm³/mol. The summed E-state index contributed by atoms with van der Waals surface area (Å²) in [6.07, 6.45) is 7.23. The SMILES string of the molecule is O=C(Cn1ccnc1)N1CCCC1c1nc2ccccc2s1. The number of para-hydroxylation sites is 1. The average molecular weight is 312 g/mol. The first-order chi connectivity index (χ1) is 10.8. The second-order valence-electron chi connectivity index (χ2n) is 5.50. The number of hydrogen-bond donors (Lipinski definition) is 0. The number of carbonyl (C=O) groups is 1. The summed E-state index contributed by atoms with van der Waals surface area (Å²) in [5.41, 5.74) is 1.02. The van der Waals surface area contributed by atoms with Crippen LogP contribution in [0.25, 0.3) is 10.2 Å². The van der Waals surface area contributed by atoms with E-state index in [0.717, 1.165) is 29.9 Å². The number of hydrogen-bond acceptors (Lipinski definition) is 4. The van der Waals surface area contributed by atoms with Crippen molar-refractivity contribution in [2.75, 3.05) is 6.54 Å². The van der Waals surface area contributed by atoms with Crippen LogP contribution in [0.15, 0.2) is 43.0 Å². The number of amides is 1. The summed E-state index contributed by atoms with van der Waals surface area (Å²) < 4.78 is 3.00. The molecule has 0 N–H and O–H groups in total. The Balaban J connectivity index is 1.58. The first-order valence-electron chi connectivity index (χ1n) is 7.42. The zero-order chi connectivity index (χ0) is 14.9. The zero-order valence-electron chi connectivity index (χ0n) is 12.1. The number of fused-ring (bicyclic) bond motifs is 1. The van der Waals surface area contributed by atoms with E-state index in [1.807, 2.05) is 33.9 Å². The number of carbonyl (C=O) groups excluding carboxylic acids is 1. The smallest absolute Gasteiger partial charge is 0.243 e. The molecule has 22 heavy (non-hydrogen) atoms. The van der Waals surface area contributed by atoms with Gasteiger partial charge in [0.1, 0.15) is 11.6 Å². The Kier molecular flexibility index (Phi) is 3.38. The molecule has 0 radical (unpaired) electrons. The van der Waals surface area contributed by atoms with E-state index in [9.17, 15) is 4.79 Å². The molecule has 0 bridgehead atoms. The van der Waals surface area contributed by atoms with Crippen molar-refractivity contribution < 1.29 is 4.79 Å². The molecule has 3 aromatic rings. The first-order valence-corrected chi connectivity index (χ1v) is 8.23. The molecule has 1 aliphatic heterocycles. The van der Waals surface area contributed by atoms with Gasteiger partial charge in [0, 0.05) is 18.9 Å². The summed E-state index contributed by atoms with van der Waals surface area (Å²) in [7, 11) is 0. The number of benzene rings is 1. The van der Waals surface area contributed by atoms with E-state index in [1.54, 1.807) is 23.9 Å². The third kappa shape index (κ3) is 2.39. The van der Waals surface area contributed by atoms with Gasteiger partial charge in [-0.05, 0) is 25.0 Å². The van der Waals surface area contributed by atoms with Crippen LogP contribution in [0.3, 0.4) is 0 Å². The third-order valence-corrected chi connectivity index (χ3v) is 5.18. The van der Waals surface area contributed by atoms with Crippen LogP contribution in [0.2, 0.25) is 0 Å². The molecule has 6 heteroatoms. The molecule has 1 unspecified atom stereocenters. The number of rotatable bonds is 3. The molecule has 0 aliphatic carbocycles. The lowest BCUT2D eigenvalue weighted by Crippen LogP contribution is -2.33. The Morgan fingerprint density at radius 2 is 2.27 bits per heavy atom. The quantitative estimate of drug-likeness (QED) is 0.747. The molecule has 2 aromatic heterocycles. The fourth-order valence-electron chi connectivity index (χ4n) is 2.98. The van der Waals surface area contributed by atoms with Crippen LogP contribution < -0.4 is 0 Å². The summed E-state index contributed by atoms with van der Waals surface area (Å²) in [6, 6.07) is 8.27. The van der Waals surface area contributed by atoms with Crippen molar-refractivity contribution in [1.82, 2.24) is 19.4 Å². The Morgan fingerprint density at radius 3 is 3.09 bits per heavy atom. The van der Waals surface area contributed by atoms with Crippen molar-refractivity contribution >= 4 is 27.5 Å². The Morgan fingerprint density at radius 1 is 1.36 bits per heavy atom. The van der Waals surface area contributed by atoms with Crippen LogP contribution >= 0.6 is 11.3 Å². The van der Waals surface area contributed by atoms with E-state index in [2.05, 4.69) is 11.1 Å². The van der Waals surface area contributed by atoms with Crippen LogP contribution in [0.4, 0.5) is 0 Å². The number of imidazole rings is 1. The van der Waals surface area contributed by atoms with Gasteiger partial charge in [-0.25, -0.2) is 9.97 Å². The lowest BCUT2D eigenvalue weighted by Gasteiger charge is -2.23. The van der Waals surface area contributed by atoms with E-state index in [4.69, 9.17) is 4.98 Å². The summed E-state index contributed by atoms with van der Waals surface area (Å²) in [5.74, 6) is 0.139. The molecule has 4 rings (SSSR count). The predicted octanol–water partition coefficient (Wildman–Crippen LogP) is 2.86. The van der Waals surface area contributed by atoms with E-state index in [1.165, 1.54) is 4.70 Å². The molecule has 1 fully saturated rings. The standard InChI is InChI=1S/C16H16N4OS/c21-15(10-19-9-7-17-11-19)20-8-3-5-13(20)16-18-12-4-1-2-6-14(12)22-16/h1-2,4,6-7,9,11,13H,3,5,8,10H2. The number of nitrogens with zero attached hydrogens (tertiary/aromatic N) is 4. The van der Waals surface area contributed by atoms with Crippen molar-refractivity contribution in [3.05, 3.63) is 48.0 Å². The molecule has 112 valence electrons. The molecule has 1 aromatic carbocycles. The van der Waals surface area contributed by atoms with Crippen LogP contribution in [0.1, 0.15) is 23.9 Å². The highest BCUT2D eigenvalue weighted by molar-refractivity contribution is 7.18. The van der Waals surface area contributed by atoms with Gasteiger partial charge >= 0.3 is 0 Å². The molecule has 0 spiro atoms. The van der Waals surface area contributed by atoms with Crippen molar-refractivity contribution in [3.63, 3.8) is 0 Å². The maximum absolute atomic E-state index is 12.6. The monoisotopic (exact) mass is 312 g/mol. The van der Waals surface area contributed by atoms with Gasteiger partial charge in [-0.1, -0.05) is 12.1 Å². The maximum Gasteiger partial charge on any atom is 0.243 e. The van der Waals surface area contributed by atoms with E-state index in [0.29, 0.717) is 6.54 Å². The van der Waals surface area contributed by atoms with Crippen molar-refractivity contribution in [2.24, 2.45) is 0 Å². The highest BCUT2D eigenvalue weighted by Gasteiger charge is 2.32. The molecule has 3 heterocycles. The number of likely N-dealkylation sites (tertiary alicyclic amines) is 1. The maximum atomic E-state index is 12.6. The van der Waals surface area contributed by atoms with Crippen molar-refractivity contribution in [1.29, 1.82) is 0 Å². The third-order valence-electron chi connectivity index (χ3n) is 4.05. The number of thiazole rings is 1. The summed E-state index contributed by atoms with van der Waals surface area (Å²) in [4.78, 5) is 23.3. The van der Waals surface area contributed by atoms with Crippen molar-refractivity contribution in [3.8, 4) is 0 Å². The van der Waals surface area contributed by atoms with Crippen molar-refractivity contribution in [2.45, 2.75) is 25.4 Å². The van der Waals surface area contributed by atoms with Crippen LogP contribution in [-0.4, -0.2) is 31.9 Å². The Hall–Kier alpha value is -2.21. The number of aromatic nitrogens is 3. The molecular formula is C16H16N4OS. The molecule has 1 saturated heterocycles. The molecule has 5 nitrogen and oxygen atoms in total. The van der Waals surface area contributed by atoms with Gasteiger partial charge in [-0.3, -0.25) is 4.79 Å². The molecule has 1 atom stereocenters. The van der Waals surface area contributed by atoms with Gasteiger partial charge in [0.15, 0.2) is 0 Å². The summed E-state index contributed by atoms with van der Waals surface area (Å²) in [6.45, 7) is 1.16. The minimum absolute atomic E-state index is 0.119. The second kappa shape index (κ2) is 5.53. The molecule has 0 saturated carbocycles. The highest BCUT2D eigenvalue weighted by atomic mass is 32.1. The molecule has 1 aliphatic rings. The first kappa shape index (κ1) is 13.5. The fraction of sp³-hybridized carbons (Fsp3) is 0.312. The zero-order valence-corrected chi connectivity index (χ0v) is 12.9. The Labute approximate surface area is 132 Å². The van der Waals surface area contributed by atoms with Gasteiger partial charge < -0.3 is 9.47 Å². The second-order valence-corrected chi connectivity index (χ2v) is 6.56. The van der Waals surface area contributed by atoms with Gasteiger partial charge in [0.25, 0.3) is 0 Å². The van der Waals surface area contributed by atoms with Gasteiger partial charge in [-0.15, -0.1) is 11.3 Å². The van der Waals surface area contributed by atoms with Crippen LogP contribution in [-0.2, 0) is 11.3 Å². The lowest BCUT2D eigenvalue weighted by atomic mass is 10.2. The Bertz CT molecular complexity index is 762.